The Hall–Kier alpha value is -1.06. The summed E-state index contributed by atoms with van der Waals surface area (Å²) in [4.78, 5) is 2.52. The van der Waals surface area contributed by atoms with Gasteiger partial charge in [-0.3, -0.25) is 0 Å². The Morgan fingerprint density at radius 1 is 1.26 bits per heavy atom. The van der Waals surface area contributed by atoms with Crippen molar-refractivity contribution in [2.45, 2.75) is 38.6 Å². The zero-order valence-electron chi connectivity index (χ0n) is 12.0. The van der Waals surface area contributed by atoms with Crippen LogP contribution in [-0.4, -0.2) is 31.1 Å². The third-order valence-corrected chi connectivity index (χ3v) is 3.83. The standard InChI is InChI=1S/C16H26N2O/c1-2-15(17)14-8-3-4-9-16(14)19-13-7-12-18-10-5-6-11-18/h3-4,8-9,15H,2,5-7,10-13,17H2,1H3. The van der Waals surface area contributed by atoms with Crippen LogP contribution in [0.2, 0.25) is 0 Å². The quantitative estimate of drug-likeness (QED) is 0.768. The normalized spacial score (nSPS) is 17.6. The van der Waals surface area contributed by atoms with Crippen LogP contribution in [0.5, 0.6) is 5.75 Å². The van der Waals surface area contributed by atoms with Crippen molar-refractivity contribution in [2.24, 2.45) is 5.73 Å². The van der Waals surface area contributed by atoms with E-state index in [0.717, 1.165) is 37.3 Å². The lowest BCUT2D eigenvalue weighted by molar-refractivity contribution is 0.261. The molecule has 1 atom stereocenters. The van der Waals surface area contributed by atoms with Gasteiger partial charge in [0, 0.05) is 18.2 Å². The molecule has 2 rings (SSSR count). The van der Waals surface area contributed by atoms with Crippen LogP contribution in [0.4, 0.5) is 0 Å². The van der Waals surface area contributed by atoms with Gasteiger partial charge in [-0.1, -0.05) is 25.1 Å². The largest absolute Gasteiger partial charge is 0.493 e. The highest BCUT2D eigenvalue weighted by Gasteiger charge is 2.12. The second-order valence-electron chi connectivity index (χ2n) is 5.30. The van der Waals surface area contributed by atoms with Crippen molar-refractivity contribution in [3.63, 3.8) is 0 Å². The third kappa shape index (κ3) is 4.22. The second-order valence-corrected chi connectivity index (χ2v) is 5.30. The topological polar surface area (TPSA) is 38.5 Å². The summed E-state index contributed by atoms with van der Waals surface area (Å²) in [5.74, 6) is 0.957. The molecule has 0 bridgehead atoms. The number of benzene rings is 1. The molecule has 0 aromatic heterocycles. The van der Waals surface area contributed by atoms with Crippen LogP contribution in [-0.2, 0) is 0 Å². The van der Waals surface area contributed by atoms with Crippen molar-refractivity contribution in [3.05, 3.63) is 29.8 Å². The van der Waals surface area contributed by atoms with Crippen LogP contribution < -0.4 is 10.5 Å². The summed E-state index contributed by atoms with van der Waals surface area (Å²) < 4.78 is 5.91. The van der Waals surface area contributed by atoms with E-state index in [-0.39, 0.29) is 6.04 Å². The summed E-state index contributed by atoms with van der Waals surface area (Å²) in [6, 6.07) is 8.23. The van der Waals surface area contributed by atoms with Gasteiger partial charge in [0.15, 0.2) is 0 Å². The molecular formula is C16H26N2O. The van der Waals surface area contributed by atoms with Crippen LogP contribution in [0.15, 0.2) is 24.3 Å². The third-order valence-electron chi connectivity index (χ3n) is 3.83. The molecule has 1 unspecified atom stereocenters. The molecule has 1 heterocycles. The number of nitrogens with two attached hydrogens (primary N) is 1. The predicted octanol–water partition coefficient (Wildman–Crippen LogP) is 2.96. The molecule has 0 spiro atoms. The summed E-state index contributed by atoms with van der Waals surface area (Å²) in [6.07, 6.45) is 4.74. The van der Waals surface area contributed by atoms with Gasteiger partial charge in [-0.05, 0) is 44.8 Å². The average molecular weight is 262 g/mol. The van der Waals surface area contributed by atoms with E-state index in [2.05, 4.69) is 17.9 Å². The maximum absolute atomic E-state index is 6.11. The van der Waals surface area contributed by atoms with Gasteiger partial charge < -0.3 is 15.4 Å². The van der Waals surface area contributed by atoms with Crippen molar-refractivity contribution in [1.29, 1.82) is 0 Å². The van der Waals surface area contributed by atoms with E-state index >= 15 is 0 Å². The molecule has 1 aliphatic heterocycles. The van der Waals surface area contributed by atoms with Gasteiger partial charge in [-0.2, -0.15) is 0 Å². The zero-order valence-corrected chi connectivity index (χ0v) is 12.0. The van der Waals surface area contributed by atoms with Crippen LogP contribution in [0.1, 0.15) is 44.2 Å². The minimum Gasteiger partial charge on any atom is -0.493 e. The molecule has 0 amide bonds. The Morgan fingerprint density at radius 2 is 2.00 bits per heavy atom. The Bertz CT molecular complexity index is 375. The van der Waals surface area contributed by atoms with E-state index in [0.29, 0.717) is 0 Å². The Morgan fingerprint density at radius 3 is 2.74 bits per heavy atom. The van der Waals surface area contributed by atoms with E-state index in [4.69, 9.17) is 10.5 Å². The van der Waals surface area contributed by atoms with Crippen LogP contribution in [0.25, 0.3) is 0 Å². The molecular weight excluding hydrogens is 236 g/mol. The Balaban J connectivity index is 1.78. The van der Waals surface area contributed by atoms with E-state index in [9.17, 15) is 0 Å². The highest BCUT2D eigenvalue weighted by Crippen LogP contribution is 2.25. The van der Waals surface area contributed by atoms with E-state index in [1.807, 2.05) is 18.2 Å². The number of likely N-dealkylation sites (tertiary alicyclic amines) is 1. The van der Waals surface area contributed by atoms with Crippen LogP contribution in [0.3, 0.4) is 0 Å². The SMILES string of the molecule is CCC(N)c1ccccc1OCCCN1CCCC1. The number of ether oxygens (including phenoxy) is 1. The monoisotopic (exact) mass is 262 g/mol. The lowest BCUT2D eigenvalue weighted by atomic mass is 10.0. The van der Waals surface area contributed by atoms with Crippen molar-refractivity contribution in [3.8, 4) is 5.75 Å². The van der Waals surface area contributed by atoms with Crippen molar-refractivity contribution >= 4 is 0 Å². The van der Waals surface area contributed by atoms with Gasteiger partial charge in [0.2, 0.25) is 0 Å². The maximum atomic E-state index is 6.11. The molecule has 0 aliphatic carbocycles. The van der Waals surface area contributed by atoms with Crippen molar-refractivity contribution in [2.75, 3.05) is 26.2 Å². The summed E-state index contributed by atoms with van der Waals surface area (Å²) in [5.41, 5.74) is 7.24. The molecule has 106 valence electrons. The van der Waals surface area contributed by atoms with Crippen LogP contribution >= 0.6 is 0 Å². The number of nitrogens with zero attached hydrogens (tertiary/aromatic N) is 1. The maximum Gasteiger partial charge on any atom is 0.124 e. The summed E-state index contributed by atoms with van der Waals surface area (Å²) in [6.45, 7) is 6.56. The van der Waals surface area contributed by atoms with E-state index < -0.39 is 0 Å². The fraction of sp³-hybridized carbons (Fsp3) is 0.625. The average Bonchev–Trinajstić information content (AvgIpc) is 2.96. The summed E-state index contributed by atoms with van der Waals surface area (Å²) in [5, 5.41) is 0. The molecule has 0 radical (unpaired) electrons. The minimum atomic E-state index is 0.0785. The molecule has 1 aromatic carbocycles. The van der Waals surface area contributed by atoms with Gasteiger partial charge in [-0.15, -0.1) is 0 Å². The highest BCUT2D eigenvalue weighted by molar-refractivity contribution is 5.35. The van der Waals surface area contributed by atoms with E-state index in [1.54, 1.807) is 0 Å². The Kier molecular flexibility index (Phi) is 5.67. The molecule has 1 aliphatic rings. The summed E-state index contributed by atoms with van der Waals surface area (Å²) >= 11 is 0. The van der Waals surface area contributed by atoms with Gasteiger partial charge >= 0.3 is 0 Å². The highest BCUT2D eigenvalue weighted by atomic mass is 16.5. The predicted molar refractivity (Wildman–Crippen MR) is 79.4 cm³/mol. The minimum absolute atomic E-state index is 0.0785. The fourth-order valence-electron chi connectivity index (χ4n) is 2.61. The first-order chi connectivity index (χ1) is 9.31. The zero-order chi connectivity index (χ0) is 13.5. The Labute approximate surface area is 116 Å². The smallest absolute Gasteiger partial charge is 0.124 e. The molecule has 1 fully saturated rings. The number of hydrogen-bond acceptors (Lipinski definition) is 3. The molecule has 3 heteroatoms. The number of hydrogen-bond donors (Lipinski definition) is 1. The van der Waals surface area contributed by atoms with Gasteiger partial charge in [0.05, 0.1) is 6.61 Å². The number of rotatable bonds is 7. The van der Waals surface area contributed by atoms with Crippen LogP contribution in [0, 0.1) is 0 Å². The summed E-state index contributed by atoms with van der Waals surface area (Å²) in [7, 11) is 0. The molecule has 19 heavy (non-hydrogen) atoms. The molecule has 0 saturated carbocycles. The number of para-hydroxylation sites is 1. The molecule has 3 nitrogen and oxygen atoms in total. The molecule has 2 N–H and O–H groups in total. The lowest BCUT2D eigenvalue weighted by Gasteiger charge is -2.17. The van der Waals surface area contributed by atoms with Gasteiger partial charge in [0.1, 0.15) is 5.75 Å². The van der Waals surface area contributed by atoms with Crippen molar-refractivity contribution < 1.29 is 4.74 Å². The first-order valence-electron chi connectivity index (χ1n) is 7.51. The lowest BCUT2D eigenvalue weighted by Crippen LogP contribution is -2.22. The van der Waals surface area contributed by atoms with Crippen molar-refractivity contribution in [1.82, 2.24) is 4.90 Å². The molecule has 1 aromatic rings. The first kappa shape index (κ1) is 14.4. The van der Waals surface area contributed by atoms with E-state index in [1.165, 1.54) is 25.9 Å². The van der Waals surface area contributed by atoms with Gasteiger partial charge in [-0.25, -0.2) is 0 Å². The molecule has 1 saturated heterocycles. The fourth-order valence-corrected chi connectivity index (χ4v) is 2.61. The van der Waals surface area contributed by atoms with Gasteiger partial charge in [0.25, 0.3) is 0 Å². The first-order valence-corrected chi connectivity index (χ1v) is 7.51. The second kappa shape index (κ2) is 7.51.